The van der Waals surface area contributed by atoms with Gasteiger partial charge in [-0.3, -0.25) is 14.5 Å². The number of carbonyl (C=O) groups excluding carboxylic acids is 2. The molecule has 0 unspecified atom stereocenters. The molecule has 10 nitrogen and oxygen atoms in total. The topological polar surface area (TPSA) is 175 Å². The van der Waals surface area contributed by atoms with E-state index in [9.17, 15) is 9.59 Å². The van der Waals surface area contributed by atoms with Gasteiger partial charge in [-0.25, -0.2) is 0 Å². The number of rotatable bonds is 10. The number of hydrogen-bond donors (Lipinski definition) is 6. The summed E-state index contributed by atoms with van der Waals surface area (Å²) >= 11 is 0. The number of nitrogens with one attached hydrogen (secondary N) is 2. The smallest absolute Gasteiger partial charge is 0.248 e. The Morgan fingerprint density at radius 3 is 2.18 bits per heavy atom. The molecule has 10 heteroatoms. The van der Waals surface area contributed by atoms with Gasteiger partial charge in [-0.2, -0.15) is 0 Å². The molecule has 1 aliphatic rings. The van der Waals surface area contributed by atoms with Crippen LogP contribution in [0.2, 0.25) is 0 Å². The van der Waals surface area contributed by atoms with Crippen LogP contribution in [0.4, 0.5) is 22.7 Å². The number of hydrogen-bond acceptors (Lipinski definition) is 8. The Balaban J connectivity index is 1.60. The van der Waals surface area contributed by atoms with Crippen LogP contribution in [0.15, 0.2) is 42.5 Å². The van der Waals surface area contributed by atoms with Crippen molar-refractivity contribution >= 4 is 34.6 Å². The minimum Gasteiger partial charge on any atom is -0.397 e. The molecule has 0 bridgehead atoms. The molecule has 0 saturated carbocycles. The molecule has 0 radical (unpaired) electrons. The SMILES string of the molecule is NC(=O)c1ccc(NC/C=C/CNc2c(N)cc(C(N)=O)cc2CN2CCOCC2)c(N)c1. The maximum atomic E-state index is 11.7. The molecule has 0 aromatic heterocycles. The van der Waals surface area contributed by atoms with Crippen LogP contribution in [0.5, 0.6) is 0 Å². The fraction of sp³-hybridized carbons (Fsp3) is 0.304. The Morgan fingerprint density at radius 2 is 1.55 bits per heavy atom. The number of carbonyl (C=O) groups is 2. The number of amides is 2. The lowest BCUT2D eigenvalue weighted by molar-refractivity contribution is 0.0342. The average molecular weight is 454 g/mol. The van der Waals surface area contributed by atoms with Crippen molar-refractivity contribution in [1.29, 1.82) is 0 Å². The van der Waals surface area contributed by atoms with E-state index in [0.717, 1.165) is 30.0 Å². The fourth-order valence-electron chi connectivity index (χ4n) is 3.58. The second-order valence-corrected chi connectivity index (χ2v) is 7.75. The van der Waals surface area contributed by atoms with Gasteiger partial charge in [-0.1, -0.05) is 12.2 Å². The molecule has 176 valence electrons. The predicted octanol–water partition coefficient (Wildman–Crippen LogP) is 0.961. The summed E-state index contributed by atoms with van der Waals surface area (Å²) in [6.45, 7) is 4.71. The number of benzene rings is 2. The molecule has 2 aromatic carbocycles. The van der Waals surface area contributed by atoms with Crippen molar-refractivity contribution in [3.05, 3.63) is 59.2 Å². The highest BCUT2D eigenvalue weighted by atomic mass is 16.5. The first-order chi connectivity index (χ1) is 15.8. The standard InChI is InChI=1S/C23H31N7O3/c24-18-12-15(22(26)31)3-4-20(18)28-5-1-2-6-29-21-17(14-30-7-9-33-10-8-30)11-16(23(27)32)13-19(21)25/h1-4,11-13,28-29H,5-10,14,24-25H2,(H2,26,31)(H2,27,32)/b2-1+. The van der Waals surface area contributed by atoms with Gasteiger partial charge in [-0.15, -0.1) is 0 Å². The van der Waals surface area contributed by atoms with Crippen LogP contribution in [0, 0.1) is 0 Å². The van der Waals surface area contributed by atoms with E-state index in [4.69, 9.17) is 27.7 Å². The number of morpholine rings is 1. The van der Waals surface area contributed by atoms with Gasteiger partial charge in [0.15, 0.2) is 0 Å². The van der Waals surface area contributed by atoms with Gasteiger partial charge in [0.1, 0.15) is 0 Å². The fourth-order valence-corrected chi connectivity index (χ4v) is 3.58. The zero-order chi connectivity index (χ0) is 23.8. The van der Waals surface area contributed by atoms with Crippen LogP contribution in [0.3, 0.4) is 0 Å². The largest absolute Gasteiger partial charge is 0.397 e. The third-order valence-corrected chi connectivity index (χ3v) is 5.34. The summed E-state index contributed by atoms with van der Waals surface area (Å²) in [4.78, 5) is 25.2. The number of primary amides is 2. The van der Waals surface area contributed by atoms with E-state index in [-0.39, 0.29) is 0 Å². The Morgan fingerprint density at radius 1 is 0.909 bits per heavy atom. The van der Waals surface area contributed by atoms with Gasteiger partial charge < -0.3 is 38.3 Å². The number of ether oxygens (including phenoxy) is 1. The predicted molar refractivity (Wildman–Crippen MR) is 131 cm³/mol. The summed E-state index contributed by atoms with van der Waals surface area (Å²) < 4.78 is 5.41. The van der Waals surface area contributed by atoms with Gasteiger partial charge in [0.05, 0.1) is 36.0 Å². The monoisotopic (exact) mass is 453 g/mol. The third-order valence-electron chi connectivity index (χ3n) is 5.34. The molecular formula is C23H31N7O3. The van der Waals surface area contributed by atoms with Crippen molar-refractivity contribution in [3.8, 4) is 0 Å². The van der Waals surface area contributed by atoms with E-state index in [0.29, 0.717) is 55.3 Å². The molecule has 1 fully saturated rings. The van der Waals surface area contributed by atoms with Crippen LogP contribution in [-0.4, -0.2) is 56.1 Å². The Bertz CT molecular complexity index is 1030. The Kier molecular flexibility index (Phi) is 8.11. The van der Waals surface area contributed by atoms with E-state index in [2.05, 4.69) is 15.5 Å². The van der Waals surface area contributed by atoms with Crippen molar-refractivity contribution in [1.82, 2.24) is 4.90 Å². The highest BCUT2D eigenvalue weighted by Gasteiger charge is 2.16. The molecule has 1 saturated heterocycles. The normalized spacial score (nSPS) is 14.3. The molecule has 10 N–H and O–H groups in total. The molecule has 3 rings (SSSR count). The second kappa shape index (κ2) is 11.2. The quantitative estimate of drug-likeness (QED) is 0.228. The van der Waals surface area contributed by atoms with E-state index in [1.807, 2.05) is 12.2 Å². The van der Waals surface area contributed by atoms with E-state index >= 15 is 0 Å². The number of anilines is 4. The summed E-state index contributed by atoms with van der Waals surface area (Å²) in [5.74, 6) is -1.03. The number of nitrogens with zero attached hydrogens (tertiary/aromatic N) is 1. The first-order valence-electron chi connectivity index (χ1n) is 10.7. The van der Waals surface area contributed by atoms with Crippen LogP contribution in [-0.2, 0) is 11.3 Å². The van der Waals surface area contributed by atoms with Gasteiger partial charge in [0.25, 0.3) is 0 Å². The first kappa shape index (κ1) is 23.9. The molecule has 1 aliphatic heterocycles. The molecule has 2 aromatic rings. The Hall–Kier alpha value is -3.76. The third kappa shape index (κ3) is 6.61. The summed E-state index contributed by atoms with van der Waals surface area (Å²) in [5.41, 5.74) is 27.0. The lowest BCUT2D eigenvalue weighted by Gasteiger charge is -2.28. The highest BCUT2D eigenvalue weighted by molar-refractivity contribution is 5.96. The summed E-state index contributed by atoms with van der Waals surface area (Å²) in [6, 6.07) is 8.28. The molecule has 1 heterocycles. The van der Waals surface area contributed by atoms with Crippen LogP contribution in [0.1, 0.15) is 26.3 Å². The summed E-state index contributed by atoms with van der Waals surface area (Å²) in [6.07, 6.45) is 3.91. The molecule has 2 amide bonds. The van der Waals surface area contributed by atoms with Crippen molar-refractivity contribution in [3.63, 3.8) is 0 Å². The average Bonchev–Trinajstić information content (AvgIpc) is 2.78. The second-order valence-electron chi connectivity index (χ2n) is 7.75. The number of nitrogen functional groups attached to an aromatic ring is 2. The number of nitrogens with two attached hydrogens (primary N) is 4. The highest BCUT2D eigenvalue weighted by Crippen LogP contribution is 2.27. The molecule has 0 atom stereocenters. The van der Waals surface area contributed by atoms with Crippen molar-refractivity contribution in [2.24, 2.45) is 11.5 Å². The van der Waals surface area contributed by atoms with Gasteiger partial charge >= 0.3 is 0 Å². The molecule has 0 aliphatic carbocycles. The lowest BCUT2D eigenvalue weighted by Crippen LogP contribution is -2.36. The Labute approximate surface area is 192 Å². The van der Waals surface area contributed by atoms with Gasteiger partial charge in [0.2, 0.25) is 11.8 Å². The zero-order valence-electron chi connectivity index (χ0n) is 18.5. The molecular weight excluding hydrogens is 422 g/mol. The van der Waals surface area contributed by atoms with Gasteiger partial charge in [-0.05, 0) is 35.9 Å². The van der Waals surface area contributed by atoms with Crippen molar-refractivity contribution < 1.29 is 14.3 Å². The minimum absolute atomic E-state index is 0.366. The van der Waals surface area contributed by atoms with E-state index < -0.39 is 11.8 Å². The zero-order valence-corrected chi connectivity index (χ0v) is 18.5. The molecule has 33 heavy (non-hydrogen) atoms. The van der Waals surface area contributed by atoms with Crippen LogP contribution in [0.25, 0.3) is 0 Å². The van der Waals surface area contributed by atoms with E-state index in [1.54, 1.807) is 30.3 Å². The first-order valence-corrected chi connectivity index (χ1v) is 10.7. The van der Waals surface area contributed by atoms with Gasteiger partial charge in [0, 0.05) is 43.9 Å². The maximum absolute atomic E-state index is 11.7. The maximum Gasteiger partial charge on any atom is 0.248 e. The lowest BCUT2D eigenvalue weighted by atomic mass is 10.0. The van der Waals surface area contributed by atoms with Crippen molar-refractivity contribution in [2.75, 3.05) is 61.5 Å². The van der Waals surface area contributed by atoms with Crippen molar-refractivity contribution in [2.45, 2.75) is 6.54 Å². The summed E-state index contributed by atoms with van der Waals surface area (Å²) in [7, 11) is 0. The molecule has 0 spiro atoms. The van der Waals surface area contributed by atoms with E-state index in [1.165, 1.54) is 0 Å². The van der Waals surface area contributed by atoms with Crippen LogP contribution >= 0.6 is 0 Å². The minimum atomic E-state index is -0.518. The van der Waals surface area contributed by atoms with Crippen LogP contribution < -0.4 is 33.6 Å². The summed E-state index contributed by atoms with van der Waals surface area (Å²) in [5, 5.41) is 6.53.